The third kappa shape index (κ3) is 11.5. The molecule has 0 unspecified atom stereocenters. The van der Waals surface area contributed by atoms with Gasteiger partial charge in [-0.25, -0.2) is 0 Å². The normalized spacial score (nSPS) is 28.5. The molecule has 0 spiro atoms. The largest absolute Gasteiger partial charge is 0.374 e. The lowest BCUT2D eigenvalue weighted by Crippen LogP contribution is -2.67. The highest BCUT2D eigenvalue weighted by molar-refractivity contribution is 5.18. The molecule has 3 saturated heterocycles. The number of rotatable bonds is 20. The van der Waals surface area contributed by atoms with Gasteiger partial charge in [-0.3, -0.25) is 0 Å². The molecule has 11 heteroatoms. The number of hydrogen-bond donors (Lipinski definition) is 0. The zero-order valence-electron chi connectivity index (χ0n) is 35.0. The molecule has 0 radical (unpaired) electrons. The number of fused-ring (bicyclic) bond motifs is 1. The molecule has 3 heterocycles. The van der Waals surface area contributed by atoms with E-state index >= 15 is 0 Å². The highest BCUT2D eigenvalue weighted by Gasteiger charge is 2.56. The molecule has 11 nitrogen and oxygen atoms in total. The minimum atomic E-state index is -1.04. The van der Waals surface area contributed by atoms with Gasteiger partial charge in [-0.05, 0) is 22.3 Å². The molecule has 3 aliphatic heterocycles. The fourth-order valence-corrected chi connectivity index (χ4v) is 8.04. The Bertz CT molecular complexity index is 2020. The first kappa shape index (κ1) is 44.0. The van der Waals surface area contributed by atoms with Crippen LogP contribution in [0.5, 0.6) is 0 Å². The molecule has 3 fully saturated rings. The topological polar surface area (TPSA) is 102 Å². The summed E-state index contributed by atoms with van der Waals surface area (Å²) in [4.78, 5) is 0. The van der Waals surface area contributed by atoms with Crippen molar-refractivity contribution in [3.8, 4) is 0 Å². The van der Waals surface area contributed by atoms with E-state index in [-0.39, 0.29) is 33.0 Å². The van der Waals surface area contributed by atoms with Crippen LogP contribution in [0.1, 0.15) is 34.1 Å². The molecule has 0 aliphatic carbocycles. The zero-order chi connectivity index (χ0) is 42.4. The average molecular weight is 845 g/mol. The van der Waals surface area contributed by atoms with Crippen LogP contribution in [0.3, 0.4) is 0 Å². The second-order valence-corrected chi connectivity index (χ2v) is 15.5. The van der Waals surface area contributed by atoms with Gasteiger partial charge in [0.05, 0.1) is 46.2 Å². The monoisotopic (exact) mass is 844 g/mol. The summed E-state index contributed by atoms with van der Waals surface area (Å²) < 4.78 is 73.5. The van der Waals surface area contributed by atoms with Crippen molar-refractivity contribution >= 4 is 0 Å². The smallest absolute Gasteiger partial charge is 0.187 e. The van der Waals surface area contributed by atoms with Crippen LogP contribution in [-0.4, -0.2) is 88.3 Å². The lowest BCUT2D eigenvalue weighted by Gasteiger charge is -2.51. The maximum atomic E-state index is 7.31. The summed E-state index contributed by atoms with van der Waals surface area (Å²) in [6.45, 7) is 5.79. The number of hydrogen-bond acceptors (Lipinski definition) is 11. The summed E-state index contributed by atoms with van der Waals surface area (Å²) in [5, 5.41) is 0. The molecule has 0 saturated carbocycles. The molecule has 8 rings (SSSR count). The van der Waals surface area contributed by atoms with Crippen molar-refractivity contribution in [1.29, 1.82) is 0 Å². The maximum absolute atomic E-state index is 7.31. The first-order valence-electron chi connectivity index (χ1n) is 21.3. The van der Waals surface area contributed by atoms with Crippen LogP contribution < -0.4 is 0 Å². The van der Waals surface area contributed by atoms with Crippen LogP contribution in [0, 0.1) is 0 Å². The molecular formula is C51H56O11. The first-order chi connectivity index (χ1) is 30.7. The molecule has 0 aromatic heterocycles. The second kappa shape index (κ2) is 22.7. The summed E-state index contributed by atoms with van der Waals surface area (Å²) in [7, 11) is 1.59. The minimum Gasteiger partial charge on any atom is -0.374 e. The van der Waals surface area contributed by atoms with E-state index in [1.165, 1.54) is 0 Å². The molecule has 62 heavy (non-hydrogen) atoms. The molecular weight excluding hydrogens is 789 g/mol. The number of methoxy groups -OCH3 is 1. The van der Waals surface area contributed by atoms with Gasteiger partial charge < -0.3 is 52.1 Å². The summed E-state index contributed by atoms with van der Waals surface area (Å²) in [5.41, 5.74) is 4.84. The van der Waals surface area contributed by atoms with E-state index in [0.717, 1.165) is 27.8 Å². The standard InChI is InChI=1S/C51H56O11/c1-3-29-54-45-43(55-31-37-21-11-5-12-22-37)41(34-53-30-36-19-9-4-10-20-36)60-51(47(45)56-32-38-23-13-6-14-24-38)62-46-44-42(35-58-49(61-44)40-27-17-8-18-28-40)59-50(52-2)48(46)57-33-39-25-15-7-16-26-39/h3-28,41-51H,1,29-35H2,2H3/t41-,42-,43-,44-,45+,46+,47-,48+,49-,50+,51-/m1/s1. The summed E-state index contributed by atoms with van der Waals surface area (Å²) >= 11 is 0. The predicted molar refractivity (Wildman–Crippen MR) is 230 cm³/mol. The molecule has 11 atom stereocenters. The van der Waals surface area contributed by atoms with E-state index in [0.29, 0.717) is 13.2 Å². The van der Waals surface area contributed by atoms with Gasteiger partial charge in [-0.1, -0.05) is 158 Å². The van der Waals surface area contributed by atoms with E-state index in [4.69, 9.17) is 52.1 Å². The van der Waals surface area contributed by atoms with Crippen molar-refractivity contribution in [2.75, 3.05) is 26.9 Å². The van der Waals surface area contributed by atoms with Crippen molar-refractivity contribution < 1.29 is 52.1 Å². The fraction of sp³-hybridized carbons (Fsp3) is 0.373. The van der Waals surface area contributed by atoms with Gasteiger partial charge in [0.2, 0.25) is 0 Å². The van der Waals surface area contributed by atoms with Crippen LogP contribution in [0.15, 0.2) is 164 Å². The maximum Gasteiger partial charge on any atom is 0.187 e. The van der Waals surface area contributed by atoms with Gasteiger partial charge in [0, 0.05) is 12.7 Å². The summed E-state index contributed by atoms with van der Waals surface area (Å²) in [6.07, 6.45) is -6.49. The Balaban J connectivity index is 1.15. The third-order valence-corrected chi connectivity index (χ3v) is 11.1. The average Bonchev–Trinajstić information content (AvgIpc) is 3.33. The number of benzene rings is 5. The second-order valence-electron chi connectivity index (χ2n) is 15.5. The highest BCUT2D eigenvalue weighted by Crippen LogP contribution is 2.40. The molecule has 0 bridgehead atoms. The molecule has 0 amide bonds. The van der Waals surface area contributed by atoms with E-state index < -0.39 is 67.7 Å². The van der Waals surface area contributed by atoms with Crippen molar-refractivity contribution in [3.05, 3.63) is 192 Å². The summed E-state index contributed by atoms with van der Waals surface area (Å²) in [5.74, 6) is 0. The lowest BCUT2D eigenvalue weighted by molar-refractivity contribution is -0.399. The van der Waals surface area contributed by atoms with Crippen molar-refractivity contribution in [2.45, 2.75) is 94.1 Å². The molecule has 3 aliphatic rings. The first-order valence-corrected chi connectivity index (χ1v) is 21.3. The number of ether oxygens (including phenoxy) is 11. The minimum absolute atomic E-state index is 0.169. The third-order valence-electron chi connectivity index (χ3n) is 11.1. The van der Waals surface area contributed by atoms with Crippen molar-refractivity contribution in [2.24, 2.45) is 0 Å². The Morgan fingerprint density at radius 2 is 1.03 bits per heavy atom. The Morgan fingerprint density at radius 1 is 0.532 bits per heavy atom. The van der Waals surface area contributed by atoms with Gasteiger partial charge in [0.15, 0.2) is 18.9 Å². The van der Waals surface area contributed by atoms with Gasteiger partial charge in [-0.2, -0.15) is 0 Å². The van der Waals surface area contributed by atoms with Crippen LogP contribution in [0.2, 0.25) is 0 Å². The molecule has 5 aromatic rings. The van der Waals surface area contributed by atoms with Gasteiger partial charge >= 0.3 is 0 Å². The van der Waals surface area contributed by atoms with Gasteiger partial charge in [0.1, 0.15) is 48.8 Å². The molecule has 0 N–H and O–H groups in total. The summed E-state index contributed by atoms with van der Waals surface area (Å²) in [6, 6.07) is 49.8. The fourth-order valence-electron chi connectivity index (χ4n) is 8.04. The Morgan fingerprint density at radius 3 is 1.56 bits per heavy atom. The Labute approximate surface area is 364 Å². The Hall–Kier alpha value is -4.60. The zero-order valence-corrected chi connectivity index (χ0v) is 35.0. The Kier molecular flexibility index (Phi) is 16.1. The van der Waals surface area contributed by atoms with Gasteiger partial charge in [0.25, 0.3) is 0 Å². The van der Waals surface area contributed by atoms with Crippen LogP contribution in [0.4, 0.5) is 0 Å². The van der Waals surface area contributed by atoms with Crippen molar-refractivity contribution in [3.63, 3.8) is 0 Å². The predicted octanol–water partition coefficient (Wildman–Crippen LogP) is 8.13. The molecule has 326 valence electrons. The quantitative estimate of drug-likeness (QED) is 0.0711. The van der Waals surface area contributed by atoms with Gasteiger partial charge in [-0.15, -0.1) is 6.58 Å². The van der Waals surface area contributed by atoms with E-state index in [1.54, 1.807) is 13.2 Å². The highest BCUT2D eigenvalue weighted by atomic mass is 16.8. The van der Waals surface area contributed by atoms with E-state index in [2.05, 4.69) is 6.58 Å². The van der Waals surface area contributed by atoms with E-state index in [1.807, 2.05) is 152 Å². The van der Waals surface area contributed by atoms with E-state index in [9.17, 15) is 0 Å². The van der Waals surface area contributed by atoms with Crippen molar-refractivity contribution in [1.82, 2.24) is 0 Å². The van der Waals surface area contributed by atoms with Crippen LogP contribution >= 0.6 is 0 Å². The lowest BCUT2D eigenvalue weighted by atomic mass is 9.95. The van der Waals surface area contributed by atoms with Crippen LogP contribution in [0.25, 0.3) is 0 Å². The van der Waals surface area contributed by atoms with Crippen LogP contribution in [-0.2, 0) is 78.5 Å². The SMILES string of the molecule is C=CCO[C@@H]1[C@@H](OCc2ccccc2)[C@@H](O[C@@H]2[C@H](OCc3ccccc3)[C@@H](OC)O[C@@H]3CO[C@@H](c4ccccc4)O[C@@H]23)O[C@H](COCc2ccccc2)[C@H]1OCc1ccccc1. The molecule has 5 aromatic carbocycles.